The zero-order valence-corrected chi connectivity index (χ0v) is 14.4. The first kappa shape index (κ1) is 17.0. The Balaban J connectivity index is 1.36. The summed E-state index contributed by atoms with van der Waals surface area (Å²) in [6.07, 6.45) is 0.949. The van der Waals surface area contributed by atoms with E-state index in [1.807, 2.05) is 6.07 Å². The Labute approximate surface area is 151 Å². The van der Waals surface area contributed by atoms with Crippen molar-refractivity contribution in [3.05, 3.63) is 64.7 Å². The lowest BCUT2D eigenvalue weighted by molar-refractivity contribution is 0.0623. The predicted octanol–water partition coefficient (Wildman–Crippen LogP) is 2.86. The van der Waals surface area contributed by atoms with Gasteiger partial charge < -0.3 is 9.64 Å². The summed E-state index contributed by atoms with van der Waals surface area (Å²) in [4.78, 5) is 16.3. The highest BCUT2D eigenvalue weighted by Gasteiger charge is 2.24. The zero-order chi connectivity index (χ0) is 18.1. The average Bonchev–Trinajstić information content (AvgIpc) is 3.11. The van der Waals surface area contributed by atoms with Crippen LogP contribution in [-0.4, -0.2) is 48.5 Å². The summed E-state index contributed by atoms with van der Waals surface area (Å²) in [6, 6.07) is 9.26. The first-order valence-electron chi connectivity index (χ1n) is 8.81. The molecule has 1 fully saturated rings. The smallest absolute Gasteiger partial charge is 0.257 e. The standard InChI is InChI=1S/C20H20F2N2O2/c21-16-2-3-18(22)17(12-16)20(25)24-8-6-23(7-9-24)13-14-1-4-19-15(11-14)5-10-26-19/h1-4,11-12H,5-10,13H2. The minimum Gasteiger partial charge on any atom is -0.493 e. The molecule has 136 valence electrons. The second kappa shape index (κ2) is 7.03. The van der Waals surface area contributed by atoms with Gasteiger partial charge in [-0.3, -0.25) is 9.69 Å². The maximum atomic E-state index is 13.8. The molecule has 1 saturated heterocycles. The number of piperazine rings is 1. The van der Waals surface area contributed by atoms with Crippen molar-refractivity contribution in [3.63, 3.8) is 0 Å². The highest BCUT2D eigenvalue weighted by molar-refractivity contribution is 5.94. The van der Waals surface area contributed by atoms with Gasteiger partial charge in [-0.15, -0.1) is 0 Å². The van der Waals surface area contributed by atoms with E-state index in [0.717, 1.165) is 43.5 Å². The van der Waals surface area contributed by atoms with Gasteiger partial charge in [0, 0.05) is 39.1 Å². The molecule has 26 heavy (non-hydrogen) atoms. The predicted molar refractivity (Wildman–Crippen MR) is 93.2 cm³/mol. The molecule has 2 aliphatic heterocycles. The van der Waals surface area contributed by atoms with Gasteiger partial charge in [0.2, 0.25) is 0 Å². The molecule has 2 aromatic carbocycles. The van der Waals surface area contributed by atoms with Crippen molar-refractivity contribution in [2.45, 2.75) is 13.0 Å². The summed E-state index contributed by atoms with van der Waals surface area (Å²) in [7, 11) is 0. The molecule has 6 heteroatoms. The van der Waals surface area contributed by atoms with Crippen LogP contribution in [0, 0.1) is 11.6 Å². The van der Waals surface area contributed by atoms with Crippen molar-refractivity contribution in [1.82, 2.24) is 9.80 Å². The van der Waals surface area contributed by atoms with Crippen LogP contribution < -0.4 is 4.74 Å². The summed E-state index contributed by atoms with van der Waals surface area (Å²) < 4.78 is 32.7. The number of hydrogen-bond donors (Lipinski definition) is 0. The summed E-state index contributed by atoms with van der Waals surface area (Å²) in [5, 5.41) is 0. The Morgan fingerprint density at radius 1 is 1.04 bits per heavy atom. The number of amides is 1. The van der Waals surface area contributed by atoms with Gasteiger partial charge >= 0.3 is 0 Å². The number of carbonyl (C=O) groups is 1. The fourth-order valence-corrected chi connectivity index (χ4v) is 3.54. The molecule has 0 unspecified atom stereocenters. The van der Waals surface area contributed by atoms with E-state index in [1.165, 1.54) is 11.1 Å². The van der Waals surface area contributed by atoms with Crippen LogP contribution in [-0.2, 0) is 13.0 Å². The number of rotatable bonds is 3. The second-order valence-electron chi connectivity index (χ2n) is 6.73. The summed E-state index contributed by atoms with van der Waals surface area (Å²) in [5.74, 6) is -0.759. The first-order chi connectivity index (χ1) is 12.6. The third-order valence-electron chi connectivity index (χ3n) is 4.98. The lowest BCUT2D eigenvalue weighted by atomic mass is 10.1. The first-order valence-corrected chi connectivity index (χ1v) is 8.81. The molecule has 0 spiro atoms. The van der Waals surface area contributed by atoms with Crippen LogP contribution in [0.4, 0.5) is 8.78 Å². The number of halogens is 2. The third kappa shape index (κ3) is 3.42. The molecule has 0 saturated carbocycles. The van der Waals surface area contributed by atoms with Crippen LogP contribution >= 0.6 is 0 Å². The largest absolute Gasteiger partial charge is 0.493 e. The quantitative estimate of drug-likeness (QED) is 0.846. The van der Waals surface area contributed by atoms with E-state index < -0.39 is 17.5 Å². The number of carbonyl (C=O) groups excluding carboxylic acids is 1. The minimum absolute atomic E-state index is 0.197. The summed E-state index contributed by atoms with van der Waals surface area (Å²) >= 11 is 0. The molecular weight excluding hydrogens is 338 g/mol. The number of benzene rings is 2. The fourth-order valence-electron chi connectivity index (χ4n) is 3.54. The minimum atomic E-state index is -0.681. The molecule has 0 bridgehead atoms. The monoisotopic (exact) mass is 358 g/mol. The molecule has 0 aromatic heterocycles. The van der Waals surface area contributed by atoms with E-state index in [9.17, 15) is 13.6 Å². The number of ether oxygens (including phenoxy) is 1. The van der Waals surface area contributed by atoms with E-state index in [-0.39, 0.29) is 5.56 Å². The Morgan fingerprint density at radius 2 is 1.85 bits per heavy atom. The van der Waals surface area contributed by atoms with Crippen molar-refractivity contribution in [2.24, 2.45) is 0 Å². The van der Waals surface area contributed by atoms with Crippen molar-refractivity contribution in [2.75, 3.05) is 32.8 Å². The van der Waals surface area contributed by atoms with Gasteiger partial charge in [0.15, 0.2) is 0 Å². The van der Waals surface area contributed by atoms with Gasteiger partial charge in [-0.1, -0.05) is 12.1 Å². The normalized spacial score (nSPS) is 17.1. The Bertz CT molecular complexity index is 833. The van der Waals surface area contributed by atoms with Crippen LogP contribution in [0.15, 0.2) is 36.4 Å². The highest BCUT2D eigenvalue weighted by Crippen LogP contribution is 2.26. The van der Waals surface area contributed by atoms with Gasteiger partial charge in [-0.2, -0.15) is 0 Å². The van der Waals surface area contributed by atoms with Crippen LogP contribution in [0.1, 0.15) is 21.5 Å². The van der Waals surface area contributed by atoms with Gasteiger partial charge in [-0.05, 0) is 35.4 Å². The summed E-state index contributed by atoms with van der Waals surface area (Å²) in [6.45, 7) is 3.97. The molecule has 0 atom stereocenters. The molecule has 2 aromatic rings. The molecule has 0 radical (unpaired) electrons. The average molecular weight is 358 g/mol. The van der Waals surface area contributed by atoms with Crippen LogP contribution in [0.2, 0.25) is 0 Å². The van der Waals surface area contributed by atoms with Crippen LogP contribution in [0.25, 0.3) is 0 Å². The van der Waals surface area contributed by atoms with Crippen LogP contribution in [0.5, 0.6) is 5.75 Å². The van der Waals surface area contributed by atoms with Gasteiger partial charge in [0.05, 0.1) is 12.2 Å². The van der Waals surface area contributed by atoms with Crippen LogP contribution in [0.3, 0.4) is 0 Å². The van der Waals surface area contributed by atoms with E-state index >= 15 is 0 Å². The maximum Gasteiger partial charge on any atom is 0.257 e. The van der Waals surface area contributed by atoms with Crippen molar-refractivity contribution >= 4 is 5.91 Å². The van der Waals surface area contributed by atoms with Gasteiger partial charge in [-0.25, -0.2) is 8.78 Å². The molecular formula is C20H20F2N2O2. The SMILES string of the molecule is O=C(c1cc(F)ccc1F)N1CCN(Cc2ccc3c(c2)CCO3)CC1. The van der Waals surface area contributed by atoms with E-state index in [4.69, 9.17) is 4.74 Å². The molecule has 2 heterocycles. The maximum absolute atomic E-state index is 13.8. The van der Waals surface area contributed by atoms with Crippen molar-refractivity contribution < 1.29 is 18.3 Å². The van der Waals surface area contributed by atoms with Crippen molar-refractivity contribution in [1.29, 1.82) is 0 Å². The summed E-state index contributed by atoms with van der Waals surface area (Å²) in [5.41, 5.74) is 2.28. The van der Waals surface area contributed by atoms with Crippen molar-refractivity contribution in [3.8, 4) is 5.75 Å². The Kier molecular flexibility index (Phi) is 4.59. The van der Waals surface area contributed by atoms with Gasteiger partial charge in [0.1, 0.15) is 17.4 Å². The van der Waals surface area contributed by atoms with E-state index in [0.29, 0.717) is 26.2 Å². The lowest BCUT2D eigenvalue weighted by Crippen LogP contribution is -2.48. The number of fused-ring (bicyclic) bond motifs is 1. The van der Waals surface area contributed by atoms with Gasteiger partial charge in [0.25, 0.3) is 5.91 Å². The Hall–Kier alpha value is -2.47. The highest BCUT2D eigenvalue weighted by atomic mass is 19.1. The molecule has 0 N–H and O–H groups in total. The fraction of sp³-hybridized carbons (Fsp3) is 0.350. The lowest BCUT2D eigenvalue weighted by Gasteiger charge is -2.35. The third-order valence-corrected chi connectivity index (χ3v) is 4.98. The Morgan fingerprint density at radius 3 is 2.65 bits per heavy atom. The van der Waals surface area contributed by atoms with E-state index in [2.05, 4.69) is 17.0 Å². The number of nitrogens with zero attached hydrogens (tertiary/aromatic N) is 2. The second-order valence-corrected chi connectivity index (χ2v) is 6.73. The molecule has 4 rings (SSSR count). The molecule has 2 aliphatic rings. The molecule has 1 amide bonds. The zero-order valence-electron chi connectivity index (χ0n) is 14.4. The molecule has 0 aliphatic carbocycles. The number of hydrogen-bond acceptors (Lipinski definition) is 3. The topological polar surface area (TPSA) is 32.8 Å². The van der Waals surface area contributed by atoms with E-state index in [1.54, 1.807) is 4.90 Å². The molecule has 4 nitrogen and oxygen atoms in total.